The first kappa shape index (κ1) is 13.9. The van der Waals surface area contributed by atoms with Crippen LogP contribution in [0, 0.1) is 6.92 Å². The summed E-state index contributed by atoms with van der Waals surface area (Å²) in [5.41, 5.74) is 2.39. The Balaban J connectivity index is 1.99. The molecule has 0 fully saturated rings. The number of aromatic nitrogens is 2. The number of allylic oxidation sites excluding steroid dienone is 1. The number of rotatable bonds is 2. The smallest absolute Gasteiger partial charge is 0.297 e. The number of benzene rings is 1. The fourth-order valence-electron chi connectivity index (χ4n) is 2.20. The number of nitrogens with zero attached hydrogens (tertiary/aromatic N) is 2. The molecule has 2 heterocycles. The van der Waals surface area contributed by atoms with Gasteiger partial charge in [-0.05, 0) is 36.4 Å². The quantitative estimate of drug-likeness (QED) is 0.861. The number of carbonyl (C=O) groups excluding carboxylic acids is 1. The lowest BCUT2D eigenvalue weighted by Crippen LogP contribution is -2.11. The fourth-order valence-corrected chi connectivity index (χ4v) is 2.20. The van der Waals surface area contributed by atoms with Gasteiger partial charge in [-0.2, -0.15) is 5.11 Å². The van der Waals surface area contributed by atoms with Gasteiger partial charge in [0.15, 0.2) is 0 Å². The second kappa shape index (κ2) is 5.40. The second-order valence-electron chi connectivity index (χ2n) is 5.08. The molecule has 0 atom stereocenters. The molecule has 0 spiro atoms. The van der Waals surface area contributed by atoms with Crippen molar-refractivity contribution in [2.45, 2.75) is 13.8 Å². The molecule has 0 bridgehead atoms. The zero-order chi connectivity index (χ0) is 15.7. The normalized spacial score (nSPS) is 13.8. The predicted molar refractivity (Wildman–Crippen MR) is 82.4 cm³/mol. The molecule has 22 heavy (non-hydrogen) atoms. The maximum atomic E-state index is 11.6. The number of amides is 1. The average molecular weight is 294 g/mol. The number of hydrogen-bond acceptors (Lipinski definition) is 3. The Hall–Kier alpha value is -3.02. The number of carbonyl (C=O) groups is 1. The minimum Gasteiger partial charge on any atom is -0.302 e. The van der Waals surface area contributed by atoms with Crippen molar-refractivity contribution in [3.63, 3.8) is 0 Å². The van der Waals surface area contributed by atoms with Crippen LogP contribution < -0.4 is 16.0 Å². The molecule has 1 aliphatic rings. The first-order valence-corrected chi connectivity index (χ1v) is 6.78. The zero-order valence-electron chi connectivity index (χ0n) is 12.2. The van der Waals surface area contributed by atoms with Crippen LogP contribution >= 0.6 is 0 Å². The molecule has 1 amide bonds. The molecule has 110 valence electrons. The molecule has 1 aliphatic heterocycles. The zero-order valence-corrected chi connectivity index (χ0v) is 12.2. The maximum Gasteiger partial charge on any atom is 0.297 e. The van der Waals surface area contributed by atoms with E-state index in [1.807, 2.05) is 37.3 Å². The monoisotopic (exact) mass is 294 g/mol. The van der Waals surface area contributed by atoms with Gasteiger partial charge < -0.3 is 5.10 Å². The van der Waals surface area contributed by atoms with E-state index in [1.54, 1.807) is 13.0 Å². The molecule has 2 N–H and O–H groups in total. The molecule has 0 saturated carbocycles. The minimum absolute atomic E-state index is 0.145. The van der Waals surface area contributed by atoms with Crippen molar-refractivity contribution in [1.82, 2.24) is 10.2 Å². The molecule has 0 saturated heterocycles. The van der Waals surface area contributed by atoms with E-state index in [0.717, 1.165) is 16.1 Å². The lowest BCUT2D eigenvalue weighted by atomic mass is 10.1. The summed E-state index contributed by atoms with van der Waals surface area (Å²) in [6.07, 6.45) is 3.57. The van der Waals surface area contributed by atoms with E-state index in [0.29, 0.717) is 16.8 Å². The fraction of sp³-hybridized carbons (Fsp3) is 0.125. The lowest BCUT2D eigenvalue weighted by molar-refractivity contribution is -0.114. The van der Waals surface area contributed by atoms with Crippen molar-refractivity contribution in [1.29, 1.82) is 0 Å². The third kappa shape index (κ3) is 2.58. The molecule has 0 radical (unpaired) electrons. The van der Waals surface area contributed by atoms with Crippen LogP contribution in [0.1, 0.15) is 18.2 Å². The molecular formula is C16H14N4O2. The highest BCUT2D eigenvalue weighted by Crippen LogP contribution is 2.16. The van der Waals surface area contributed by atoms with Crippen molar-refractivity contribution < 1.29 is 4.79 Å². The SMILES string of the molecule is CC1=C(C=c2ccc(=Cc3c(C)[nH][nH]c3=O)cc2)C(=O)N=N1. The van der Waals surface area contributed by atoms with E-state index >= 15 is 0 Å². The van der Waals surface area contributed by atoms with Crippen LogP contribution in [0.2, 0.25) is 0 Å². The standard InChI is InChI=1S/C16H14N4O2/c1-9-13(15(21)19-17-9)7-11-3-5-12(6-4-11)8-14-10(2)18-20-16(14)22/h3-8H,1-2H3,(H2,17,19,21). The van der Waals surface area contributed by atoms with E-state index in [1.165, 1.54) is 0 Å². The topological polar surface area (TPSA) is 90.4 Å². The van der Waals surface area contributed by atoms with Crippen molar-refractivity contribution in [2.24, 2.45) is 10.2 Å². The molecule has 1 aromatic carbocycles. The van der Waals surface area contributed by atoms with Gasteiger partial charge in [0.2, 0.25) is 0 Å². The maximum absolute atomic E-state index is 11.6. The van der Waals surface area contributed by atoms with Gasteiger partial charge in [-0.15, -0.1) is 5.11 Å². The van der Waals surface area contributed by atoms with Crippen LogP contribution in [-0.2, 0) is 4.79 Å². The van der Waals surface area contributed by atoms with Crippen LogP contribution in [0.15, 0.2) is 50.6 Å². The van der Waals surface area contributed by atoms with Crippen molar-refractivity contribution in [3.05, 3.63) is 67.6 Å². The van der Waals surface area contributed by atoms with Crippen LogP contribution in [-0.4, -0.2) is 16.1 Å². The largest absolute Gasteiger partial charge is 0.302 e. The molecule has 0 aliphatic carbocycles. The number of hydrogen-bond donors (Lipinski definition) is 2. The van der Waals surface area contributed by atoms with Gasteiger partial charge in [0.25, 0.3) is 11.5 Å². The highest BCUT2D eigenvalue weighted by atomic mass is 16.2. The summed E-state index contributed by atoms with van der Waals surface area (Å²) < 4.78 is 0. The summed E-state index contributed by atoms with van der Waals surface area (Å²) in [4.78, 5) is 23.2. The Morgan fingerprint density at radius 1 is 0.909 bits per heavy atom. The van der Waals surface area contributed by atoms with Crippen LogP contribution in [0.4, 0.5) is 0 Å². The second-order valence-corrected chi connectivity index (χ2v) is 5.08. The predicted octanol–water partition coefficient (Wildman–Crippen LogP) is 0.887. The highest BCUT2D eigenvalue weighted by Gasteiger charge is 2.15. The molecule has 1 aromatic heterocycles. The minimum atomic E-state index is -0.317. The number of aromatic amines is 2. The Morgan fingerprint density at radius 2 is 1.55 bits per heavy atom. The Bertz CT molecular complexity index is 966. The molecular weight excluding hydrogens is 280 g/mol. The van der Waals surface area contributed by atoms with Gasteiger partial charge in [-0.25, -0.2) is 0 Å². The summed E-state index contributed by atoms with van der Waals surface area (Å²) in [5, 5.41) is 14.4. The molecule has 2 aromatic rings. The van der Waals surface area contributed by atoms with Gasteiger partial charge in [0.05, 0.1) is 16.8 Å². The first-order valence-electron chi connectivity index (χ1n) is 6.78. The first-order chi connectivity index (χ1) is 10.5. The van der Waals surface area contributed by atoms with Gasteiger partial charge in [0, 0.05) is 5.69 Å². The van der Waals surface area contributed by atoms with Crippen LogP contribution in [0.25, 0.3) is 12.2 Å². The Kier molecular flexibility index (Phi) is 3.42. The summed E-state index contributed by atoms with van der Waals surface area (Å²) in [6.45, 7) is 3.59. The Labute approximate surface area is 125 Å². The van der Waals surface area contributed by atoms with Gasteiger partial charge >= 0.3 is 0 Å². The number of H-pyrrole nitrogens is 2. The number of azo groups is 1. The van der Waals surface area contributed by atoms with Gasteiger partial charge in [-0.3, -0.25) is 14.7 Å². The van der Waals surface area contributed by atoms with Gasteiger partial charge in [0.1, 0.15) is 0 Å². The third-order valence-corrected chi connectivity index (χ3v) is 3.48. The average Bonchev–Trinajstić information content (AvgIpc) is 2.99. The summed E-state index contributed by atoms with van der Waals surface area (Å²) in [7, 11) is 0. The third-order valence-electron chi connectivity index (χ3n) is 3.48. The van der Waals surface area contributed by atoms with Crippen molar-refractivity contribution in [2.75, 3.05) is 0 Å². The number of aryl methyl sites for hydroxylation is 1. The molecule has 6 heteroatoms. The van der Waals surface area contributed by atoms with E-state index in [2.05, 4.69) is 20.4 Å². The van der Waals surface area contributed by atoms with Crippen LogP contribution in [0.5, 0.6) is 0 Å². The summed E-state index contributed by atoms with van der Waals surface area (Å²) in [6, 6.07) is 7.55. The molecule has 6 nitrogen and oxygen atoms in total. The van der Waals surface area contributed by atoms with Crippen molar-refractivity contribution >= 4 is 18.1 Å². The summed E-state index contributed by atoms with van der Waals surface area (Å²) >= 11 is 0. The molecule has 3 rings (SSSR count). The molecule has 0 unspecified atom stereocenters. The highest BCUT2D eigenvalue weighted by molar-refractivity contribution is 6.03. The van der Waals surface area contributed by atoms with Crippen LogP contribution in [0.3, 0.4) is 0 Å². The van der Waals surface area contributed by atoms with Gasteiger partial charge in [-0.1, -0.05) is 24.3 Å². The van der Waals surface area contributed by atoms with E-state index in [-0.39, 0.29) is 11.5 Å². The number of nitrogens with one attached hydrogen (secondary N) is 2. The lowest BCUT2D eigenvalue weighted by Gasteiger charge is -1.92. The van der Waals surface area contributed by atoms with Crippen molar-refractivity contribution in [3.8, 4) is 0 Å². The van der Waals surface area contributed by atoms with E-state index in [9.17, 15) is 9.59 Å². The Morgan fingerprint density at radius 3 is 2.05 bits per heavy atom. The van der Waals surface area contributed by atoms with E-state index in [4.69, 9.17) is 0 Å². The van der Waals surface area contributed by atoms with E-state index < -0.39 is 0 Å². The summed E-state index contributed by atoms with van der Waals surface area (Å²) in [5.74, 6) is -0.317.